The van der Waals surface area contributed by atoms with Crippen LogP contribution in [0.1, 0.15) is 17.7 Å². The summed E-state index contributed by atoms with van der Waals surface area (Å²) in [6, 6.07) is 8.67. The van der Waals surface area contributed by atoms with Gasteiger partial charge in [0.2, 0.25) is 0 Å². The SMILES string of the molecule is C[C@H](Sc1cc(-n2ccnc2)ncn1)c1ccccc1F. The number of nitrogens with zero attached hydrogens (tertiary/aromatic N) is 4. The highest BCUT2D eigenvalue weighted by atomic mass is 32.2. The zero-order valence-corrected chi connectivity index (χ0v) is 12.2. The molecular weight excluding hydrogens is 287 g/mol. The average Bonchev–Trinajstić information content (AvgIpc) is 3.02. The number of hydrogen-bond donors (Lipinski definition) is 0. The van der Waals surface area contributed by atoms with E-state index < -0.39 is 0 Å². The highest BCUT2D eigenvalue weighted by molar-refractivity contribution is 7.99. The largest absolute Gasteiger partial charge is 0.290 e. The third kappa shape index (κ3) is 3.11. The lowest BCUT2D eigenvalue weighted by molar-refractivity contribution is 0.611. The fraction of sp³-hybridized carbons (Fsp3) is 0.133. The van der Waals surface area contributed by atoms with E-state index in [1.165, 1.54) is 24.2 Å². The summed E-state index contributed by atoms with van der Waals surface area (Å²) >= 11 is 1.50. The molecule has 0 N–H and O–H groups in total. The Labute approximate surface area is 126 Å². The third-order valence-corrected chi connectivity index (χ3v) is 4.11. The van der Waals surface area contributed by atoms with Crippen LogP contribution in [0.15, 0.2) is 60.4 Å². The lowest BCUT2D eigenvalue weighted by Crippen LogP contribution is -1.98. The molecule has 3 rings (SSSR count). The molecule has 2 aromatic heterocycles. The third-order valence-electron chi connectivity index (χ3n) is 3.04. The minimum absolute atomic E-state index is 0.0308. The number of thioether (sulfide) groups is 1. The molecule has 0 bridgehead atoms. The minimum Gasteiger partial charge on any atom is -0.290 e. The van der Waals surface area contributed by atoms with Gasteiger partial charge in [-0.15, -0.1) is 0 Å². The first-order chi connectivity index (χ1) is 10.2. The van der Waals surface area contributed by atoms with Crippen molar-refractivity contribution in [3.63, 3.8) is 0 Å². The monoisotopic (exact) mass is 300 g/mol. The Morgan fingerprint density at radius 3 is 2.86 bits per heavy atom. The van der Waals surface area contributed by atoms with Gasteiger partial charge in [0.25, 0.3) is 0 Å². The zero-order valence-electron chi connectivity index (χ0n) is 11.3. The molecule has 0 fully saturated rings. The molecule has 3 aromatic rings. The van der Waals surface area contributed by atoms with Gasteiger partial charge in [0.05, 0.1) is 0 Å². The fourth-order valence-corrected chi connectivity index (χ4v) is 2.94. The molecule has 0 aliphatic heterocycles. The molecule has 0 spiro atoms. The Hall–Kier alpha value is -2.21. The molecule has 0 radical (unpaired) electrons. The van der Waals surface area contributed by atoms with Gasteiger partial charge in [-0.3, -0.25) is 4.57 Å². The number of halogens is 1. The predicted molar refractivity (Wildman–Crippen MR) is 79.8 cm³/mol. The van der Waals surface area contributed by atoms with Gasteiger partial charge in [-0.25, -0.2) is 19.3 Å². The number of benzene rings is 1. The summed E-state index contributed by atoms with van der Waals surface area (Å²) in [5.74, 6) is 0.548. The van der Waals surface area contributed by atoms with Gasteiger partial charge in [0.15, 0.2) is 0 Å². The second kappa shape index (κ2) is 6.05. The molecule has 2 heterocycles. The van der Waals surface area contributed by atoms with Crippen LogP contribution in [0.3, 0.4) is 0 Å². The fourth-order valence-electron chi connectivity index (χ4n) is 1.98. The van der Waals surface area contributed by atoms with E-state index in [1.54, 1.807) is 29.2 Å². The summed E-state index contributed by atoms with van der Waals surface area (Å²) in [5.41, 5.74) is 0.672. The van der Waals surface area contributed by atoms with Gasteiger partial charge in [0, 0.05) is 29.3 Å². The van der Waals surface area contributed by atoms with E-state index in [0.29, 0.717) is 5.56 Å². The summed E-state index contributed by atoms with van der Waals surface area (Å²) in [6.45, 7) is 1.96. The van der Waals surface area contributed by atoms with E-state index in [9.17, 15) is 4.39 Å². The number of rotatable bonds is 4. The van der Waals surface area contributed by atoms with Gasteiger partial charge >= 0.3 is 0 Å². The standard InChI is InChI=1S/C15H13FN4S/c1-11(12-4-2-3-5-13(12)16)21-15-8-14(18-9-19-15)20-7-6-17-10-20/h2-11H,1H3/t11-/m0/s1. The van der Waals surface area contributed by atoms with Crippen molar-refractivity contribution in [1.82, 2.24) is 19.5 Å². The molecule has 1 aromatic carbocycles. The molecule has 0 saturated carbocycles. The zero-order chi connectivity index (χ0) is 14.7. The Balaban J connectivity index is 1.82. The summed E-state index contributed by atoms with van der Waals surface area (Å²) in [4.78, 5) is 12.4. The molecular formula is C15H13FN4S. The number of aromatic nitrogens is 4. The van der Waals surface area contributed by atoms with Crippen LogP contribution >= 0.6 is 11.8 Å². The normalized spacial score (nSPS) is 12.3. The van der Waals surface area contributed by atoms with Crippen LogP contribution in [0.25, 0.3) is 5.82 Å². The lowest BCUT2D eigenvalue weighted by atomic mass is 10.1. The maximum Gasteiger partial charge on any atom is 0.142 e. The van der Waals surface area contributed by atoms with E-state index in [1.807, 2.05) is 25.3 Å². The molecule has 0 unspecified atom stereocenters. The molecule has 0 amide bonds. The van der Waals surface area contributed by atoms with Crippen molar-refractivity contribution in [3.8, 4) is 5.82 Å². The summed E-state index contributed by atoms with van der Waals surface area (Å²) in [7, 11) is 0. The number of hydrogen-bond acceptors (Lipinski definition) is 4. The highest BCUT2D eigenvalue weighted by Crippen LogP contribution is 2.34. The molecule has 4 nitrogen and oxygen atoms in total. The maximum absolute atomic E-state index is 13.8. The van der Waals surface area contributed by atoms with Crippen LogP contribution in [-0.4, -0.2) is 19.5 Å². The lowest BCUT2D eigenvalue weighted by Gasteiger charge is -2.12. The maximum atomic E-state index is 13.8. The minimum atomic E-state index is -0.193. The highest BCUT2D eigenvalue weighted by Gasteiger charge is 2.13. The van der Waals surface area contributed by atoms with Crippen LogP contribution in [0.2, 0.25) is 0 Å². The van der Waals surface area contributed by atoms with Gasteiger partial charge < -0.3 is 0 Å². The van der Waals surface area contributed by atoms with E-state index in [-0.39, 0.29) is 11.1 Å². The number of imidazole rings is 1. The van der Waals surface area contributed by atoms with Crippen molar-refractivity contribution in [2.75, 3.05) is 0 Å². The predicted octanol–water partition coefficient (Wildman–Crippen LogP) is 3.65. The van der Waals surface area contributed by atoms with E-state index in [4.69, 9.17) is 0 Å². The van der Waals surface area contributed by atoms with Gasteiger partial charge in [0.1, 0.15) is 29.3 Å². The van der Waals surface area contributed by atoms with Crippen LogP contribution in [0.4, 0.5) is 4.39 Å². The first kappa shape index (κ1) is 13.8. The Bertz CT molecular complexity index is 730. The molecule has 1 atom stereocenters. The van der Waals surface area contributed by atoms with Crippen molar-refractivity contribution >= 4 is 11.8 Å². The topological polar surface area (TPSA) is 43.6 Å². The van der Waals surface area contributed by atoms with Crippen LogP contribution in [0, 0.1) is 5.82 Å². The summed E-state index contributed by atoms with van der Waals surface area (Å²) in [6.07, 6.45) is 6.69. The molecule has 0 aliphatic rings. The first-order valence-electron chi connectivity index (χ1n) is 6.45. The summed E-state index contributed by atoms with van der Waals surface area (Å²) in [5, 5.41) is 0.765. The van der Waals surface area contributed by atoms with E-state index >= 15 is 0 Å². The molecule has 6 heteroatoms. The Morgan fingerprint density at radius 2 is 2.10 bits per heavy atom. The van der Waals surface area contributed by atoms with Crippen molar-refractivity contribution in [3.05, 3.63) is 66.8 Å². The molecule has 21 heavy (non-hydrogen) atoms. The van der Waals surface area contributed by atoms with Crippen LogP contribution < -0.4 is 0 Å². The van der Waals surface area contributed by atoms with Crippen LogP contribution in [-0.2, 0) is 0 Å². The van der Waals surface area contributed by atoms with E-state index in [0.717, 1.165) is 10.8 Å². The van der Waals surface area contributed by atoms with Gasteiger partial charge in [-0.1, -0.05) is 30.0 Å². The van der Waals surface area contributed by atoms with Gasteiger partial charge in [-0.2, -0.15) is 0 Å². The second-order valence-electron chi connectivity index (χ2n) is 4.47. The smallest absolute Gasteiger partial charge is 0.142 e. The first-order valence-corrected chi connectivity index (χ1v) is 7.33. The van der Waals surface area contributed by atoms with E-state index in [2.05, 4.69) is 15.0 Å². The van der Waals surface area contributed by atoms with Gasteiger partial charge in [-0.05, 0) is 13.0 Å². The van der Waals surface area contributed by atoms with Crippen LogP contribution in [0.5, 0.6) is 0 Å². The van der Waals surface area contributed by atoms with Crippen molar-refractivity contribution in [2.24, 2.45) is 0 Å². The summed E-state index contributed by atoms with van der Waals surface area (Å²) < 4.78 is 15.6. The Kier molecular flexibility index (Phi) is 3.96. The Morgan fingerprint density at radius 1 is 1.24 bits per heavy atom. The molecule has 0 saturated heterocycles. The van der Waals surface area contributed by atoms with Crippen molar-refractivity contribution < 1.29 is 4.39 Å². The quantitative estimate of drug-likeness (QED) is 0.545. The molecule has 106 valence electrons. The van der Waals surface area contributed by atoms with Crippen molar-refractivity contribution in [1.29, 1.82) is 0 Å². The average molecular weight is 300 g/mol. The second-order valence-corrected chi connectivity index (χ2v) is 5.83. The van der Waals surface area contributed by atoms with Crippen molar-refractivity contribution in [2.45, 2.75) is 17.2 Å². The molecule has 0 aliphatic carbocycles.